The van der Waals surface area contributed by atoms with E-state index in [4.69, 9.17) is 4.74 Å². The fourth-order valence-corrected chi connectivity index (χ4v) is 3.20. The third kappa shape index (κ3) is 3.25. The molecule has 0 spiro atoms. The fourth-order valence-electron chi connectivity index (χ4n) is 2.20. The molecule has 22 heavy (non-hydrogen) atoms. The largest absolute Gasteiger partial charge is 0.508 e. The molecule has 4 nitrogen and oxygen atoms in total. The van der Waals surface area contributed by atoms with Crippen LogP contribution < -0.4 is 0 Å². The van der Waals surface area contributed by atoms with Gasteiger partial charge in [0.15, 0.2) is 0 Å². The van der Waals surface area contributed by atoms with Crippen LogP contribution in [-0.4, -0.2) is 23.5 Å². The van der Waals surface area contributed by atoms with Crippen molar-refractivity contribution in [2.45, 2.75) is 27.2 Å². The topological polar surface area (TPSA) is 63.6 Å². The van der Waals surface area contributed by atoms with E-state index in [1.54, 1.807) is 26.0 Å². The maximum atomic E-state index is 12.3. The van der Waals surface area contributed by atoms with Gasteiger partial charge in [-0.05, 0) is 43.5 Å². The van der Waals surface area contributed by atoms with Gasteiger partial charge in [-0.25, -0.2) is 4.79 Å². The number of hydrogen-bond donors (Lipinski definition) is 1. The zero-order chi connectivity index (χ0) is 16.3. The summed E-state index contributed by atoms with van der Waals surface area (Å²) in [4.78, 5) is 25.3. The minimum absolute atomic E-state index is 0.104. The molecule has 5 heteroatoms. The van der Waals surface area contributed by atoms with E-state index in [0.29, 0.717) is 9.81 Å². The number of rotatable bonds is 4. The van der Waals surface area contributed by atoms with Crippen molar-refractivity contribution in [3.05, 3.63) is 44.7 Å². The maximum Gasteiger partial charge on any atom is 0.342 e. The lowest BCUT2D eigenvalue weighted by atomic mass is 10.1. The Kier molecular flexibility index (Phi) is 5.08. The number of carbonyl (C=O) groups excluding carboxylic acids is 2. The van der Waals surface area contributed by atoms with Crippen molar-refractivity contribution in [2.24, 2.45) is 0 Å². The summed E-state index contributed by atoms with van der Waals surface area (Å²) in [5.74, 6) is -0.687. The molecule has 0 fully saturated rings. The smallest absolute Gasteiger partial charge is 0.342 e. The van der Waals surface area contributed by atoms with Gasteiger partial charge in [-0.2, -0.15) is 0 Å². The Morgan fingerprint density at radius 2 is 2.09 bits per heavy atom. The van der Waals surface area contributed by atoms with Crippen LogP contribution >= 0.6 is 11.8 Å². The van der Waals surface area contributed by atoms with E-state index in [0.717, 1.165) is 17.5 Å². The highest BCUT2D eigenvalue weighted by atomic mass is 32.2. The summed E-state index contributed by atoms with van der Waals surface area (Å²) in [5, 5.41) is 9.89. The van der Waals surface area contributed by atoms with E-state index in [-0.39, 0.29) is 23.7 Å². The van der Waals surface area contributed by atoms with Gasteiger partial charge in [-0.1, -0.05) is 30.8 Å². The van der Waals surface area contributed by atoms with Crippen molar-refractivity contribution in [3.63, 3.8) is 0 Å². The lowest BCUT2D eigenvalue weighted by molar-refractivity contribution is -0.139. The second-order valence-corrected chi connectivity index (χ2v) is 6.09. The molecule has 0 bridgehead atoms. The van der Waals surface area contributed by atoms with Crippen molar-refractivity contribution in [3.8, 4) is 5.75 Å². The van der Waals surface area contributed by atoms with Crippen molar-refractivity contribution in [2.75, 3.05) is 6.61 Å². The van der Waals surface area contributed by atoms with Gasteiger partial charge >= 0.3 is 5.97 Å². The van der Waals surface area contributed by atoms with Gasteiger partial charge in [0.05, 0.1) is 11.5 Å². The number of hydrogen-bond acceptors (Lipinski definition) is 5. The van der Waals surface area contributed by atoms with Gasteiger partial charge in [0.25, 0.3) is 0 Å². The van der Waals surface area contributed by atoms with Crippen LogP contribution in [0.3, 0.4) is 0 Å². The first-order valence-corrected chi connectivity index (χ1v) is 7.93. The molecule has 0 aliphatic carbocycles. The molecule has 1 aliphatic heterocycles. The Morgan fingerprint density at radius 1 is 1.36 bits per heavy atom. The van der Waals surface area contributed by atoms with Crippen molar-refractivity contribution in [1.82, 2.24) is 0 Å². The first-order chi connectivity index (χ1) is 10.5. The highest BCUT2D eigenvalue weighted by Crippen LogP contribution is 2.39. The van der Waals surface area contributed by atoms with Crippen molar-refractivity contribution in [1.29, 1.82) is 0 Å². The first-order valence-electron chi connectivity index (χ1n) is 7.12. The van der Waals surface area contributed by atoms with E-state index >= 15 is 0 Å². The number of esters is 1. The van der Waals surface area contributed by atoms with Gasteiger partial charge in [0.1, 0.15) is 11.3 Å². The number of phenols is 1. The number of thioether (sulfide) groups is 1. The number of carbonyl (C=O) groups is 2. The second-order valence-electron chi connectivity index (χ2n) is 4.83. The summed E-state index contributed by atoms with van der Waals surface area (Å²) < 4.78 is 4.92. The predicted molar refractivity (Wildman–Crippen MR) is 87.4 cm³/mol. The van der Waals surface area contributed by atoms with E-state index in [1.165, 1.54) is 11.8 Å². The lowest BCUT2D eigenvalue weighted by Crippen LogP contribution is -2.14. The maximum absolute atomic E-state index is 12.3. The average Bonchev–Trinajstić information content (AvgIpc) is 2.74. The minimum Gasteiger partial charge on any atom is -0.508 e. The molecule has 1 heterocycles. The molecule has 1 aromatic rings. The van der Waals surface area contributed by atoms with E-state index in [1.807, 2.05) is 19.1 Å². The molecule has 0 amide bonds. The summed E-state index contributed by atoms with van der Waals surface area (Å²) >= 11 is 1.26. The van der Waals surface area contributed by atoms with E-state index in [2.05, 4.69) is 0 Å². The zero-order valence-electron chi connectivity index (χ0n) is 12.8. The minimum atomic E-state index is -0.579. The molecule has 1 aliphatic rings. The molecule has 2 rings (SSSR count). The van der Waals surface area contributed by atoms with Crippen LogP contribution in [0.2, 0.25) is 0 Å². The molecular formula is C17H18O4S. The number of ether oxygens (including phenoxy) is 1. The van der Waals surface area contributed by atoms with Crippen molar-refractivity contribution < 1.29 is 19.4 Å². The Labute approximate surface area is 133 Å². The molecule has 0 atom stereocenters. The third-order valence-corrected chi connectivity index (χ3v) is 4.37. The van der Waals surface area contributed by atoms with Gasteiger partial charge in [0.2, 0.25) is 5.78 Å². The lowest BCUT2D eigenvalue weighted by Gasteiger charge is -2.03. The van der Waals surface area contributed by atoms with Crippen LogP contribution in [0.25, 0.3) is 6.08 Å². The number of benzene rings is 1. The summed E-state index contributed by atoms with van der Waals surface area (Å²) in [6.45, 7) is 5.63. The molecule has 1 N–H and O–H groups in total. The average molecular weight is 318 g/mol. The quantitative estimate of drug-likeness (QED) is 0.523. The molecule has 0 radical (unpaired) electrons. The second kappa shape index (κ2) is 6.83. The zero-order valence-corrected chi connectivity index (χ0v) is 13.6. The highest BCUT2D eigenvalue weighted by molar-refractivity contribution is 8.08. The van der Waals surface area contributed by atoms with E-state index < -0.39 is 5.97 Å². The van der Waals surface area contributed by atoms with Crippen LogP contribution in [0, 0.1) is 0 Å². The van der Waals surface area contributed by atoms with Crippen molar-refractivity contribution >= 4 is 29.6 Å². The summed E-state index contributed by atoms with van der Waals surface area (Å²) in [6, 6.07) is 5.30. The van der Waals surface area contributed by atoms with E-state index in [9.17, 15) is 14.7 Å². The Hall–Kier alpha value is -2.01. The predicted octanol–water partition coefficient (Wildman–Crippen LogP) is 3.45. The standard InChI is InChI=1S/C17H18O4S/c1-4-12-7-6-11(8-13(12)18)9-14-16(19)15(10(3)22-14)17(20)21-5-2/h6-9,18H,4-5H2,1-3H3/b14-9-. The molecule has 0 saturated carbocycles. The number of aryl methyl sites for hydroxylation is 1. The van der Waals surface area contributed by atoms with Gasteiger partial charge in [0, 0.05) is 4.91 Å². The van der Waals surface area contributed by atoms with Gasteiger partial charge in [-0.15, -0.1) is 0 Å². The molecule has 0 saturated heterocycles. The fraction of sp³-hybridized carbons (Fsp3) is 0.294. The third-order valence-electron chi connectivity index (χ3n) is 3.33. The number of phenolic OH excluding ortho intramolecular Hbond substituents is 1. The van der Waals surface area contributed by atoms with Crippen LogP contribution in [0.1, 0.15) is 31.9 Å². The highest BCUT2D eigenvalue weighted by Gasteiger charge is 2.32. The Balaban J connectivity index is 2.27. The first kappa shape index (κ1) is 16.4. The molecule has 0 aromatic heterocycles. The van der Waals surface area contributed by atoms with Crippen LogP contribution in [-0.2, 0) is 20.7 Å². The molecule has 1 aromatic carbocycles. The number of Topliss-reactive ketones (excluding diaryl/α,β-unsaturated/α-hetero) is 1. The molecular weight excluding hydrogens is 300 g/mol. The van der Waals surface area contributed by atoms with Crippen LogP contribution in [0.5, 0.6) is 5.75 Å². The van der Waals surface area contributed by atoms with Crippen LogP contribution in [0.4, 0.5) is 0 Å². The Morgan fingerprint density at radius 3 is 2.68 bits per heavy atom. The van der Waals surface area contributed by atoms with Gasteiger partial charge in [-0.3, -0.25) is 4.79 Å². The van der Waals surface area contributed by atoms with Gasteiger partial charge < -0.3 is 9.84 Å². The normalized spacial score (nSPS) is 16.5. The summed E-state index contributed by atoms with van der Waals surface area (Å²) in [6.07, 6.45) is 2.42. The number of ketones is 1. The Bertz CT molecular complexity index is 686. The van der Waals surface area contributed by atoms with Crippen LogP contribution in [0.15, 0.2) is 33.6 Å². The number of allylic oxidation sites excluding steroid dienone is 2. The molecule has 0 unspecified atom stereocenters. The monoisotopic (exact) mass is 318 g/mol. The summed E-state index contributed by atoms with van der Waals surface area (Å²) in [5.41, 5.74) is 1.69. The SMILES string of the molecule is CCOC(=O)C1=C(C)S/C(=C\c2ccc(CC)c(O)c2)C1=O. The summed E-state index contributed by atoms with van der Waals surface area (Å²) in [7, 11) is 0. The number of aromatic hydroxyl groups is 1. The molecule has 116 valence electrons.